The van der Waals surface area contributed by atoms with Gasteiger partial charge in [0.25, 0.3) is 5.91 Å². The van der Waals surface area contributed by atoms with E-state index in [9.17, 15) is 9.59 Å². The van der Waals surface area contributed by atoms with E-state index in [-0.39, 0.29) is 11.8 Å². The van der Waals surface area contributed by atoms with Crippen molar-refractivity contribution in [3.63, 3.8) is 0 Å². The molecule has 0 saturated carbocycles. The van der Waals surface area contributed by atoms with Gasteiger partial charge in [-0.05, 0) is 55.2 Å². The Kier molecular flexibility index (Phi) is 3.23. The van der Waals surface area contributed by atoms with Crippen molar-refractivity contribution in [2.75, 3.05) is 11.9 Å². The van der Waals surface area contributed by atoms with Gasteiger partial charge in [-0.25, -0.2) is 0 Å². The highest BCUT2D eigenvalue weighted by atomic mass is 16.2. The first-order valence-electron chi connectivity index (χ1n) is 8.29. The van der Waals surface area contributed by atoms with Gasteiger partial charge in [-0.2, -0.15) is 0 Å². The van der Waals surface area contributed by atoms with Crippen LogP contribution in [-0.2, 0) is 23.2 Å². The lowest BCUT2D eigenvalue weighted by Gasteiger charge is -2.29. The maximum atomic E-state index is 12.9. The highest BCUT2D eigenvalue weighted by Crippen LogP contribution is 2.38. The molecule has 0 atom stereocenters. The van der Waals surface area contributed by atoms with Gasteiger partial charge in [-0.15, -0.1) is 0 Å². The average Bonchev–Trinajstić information content (AvgIpc) is 2.83. The number of carbonyl (C=O) groups is 2. The Balaban J connectivity index is 1.63. The number of benzene rings is 2. The van der Waals surface area contributed by atoms with Crippen LogP contribution in [0.15, 0.2) is 42.5 Å². The predicted octanol–water partition coefficient (Wildman–Crippen LogP) is 3.11. The molecule has 4 heteroatoms. The van der Waals surface area contributed by atoms with E-state index in [1.54, 1.807) is 0 Å². The minimum atomic E-state index is -0.597. The van der Waals surface area contributed by atoms with E-state index >= 15 is 0 Å². The number of fused-ring (bicyclic) bond motifs is 2. The molecule has 0 fully saturated rings. The summed E-state index contributed by atoms with van der Waals surface area (Å²) in [5, 5.41) is 2.88. The highest BCUT2D eigenvalue weighted by Gasteiger charge is 2.38. The number of rotatable bonds is 1. The Labute approximate surface area is 141 Å². The lowest BCUT2D eigenvalue weighted by Crippen LogP contribution is -2.36. The highest BCUT2D eigenvalue weighted by molar-refractivity contribution is 6.07. The van der Waals surface area contributed by atoms with E-state index in [0.717, 1.165) is 24.2 Å². The van der Waals surface area contributed by atoms with Gasteiger partial charge in [0.15, 0.2) is 0 Å². The molecule has 0 bridgehead atoms. The van der Waals surface area contributed by atoms with Crippen LogP contribution in [0.25, 0.3) is 0 Å². The zero-order valence-electron chi connectivity index (χ0n) is 13.9. The van der Waals surface area contributed by atoms with Crippen LogP contribution < -0.4 is 5.32 Å². The van der Waals surface area contributed by atoms with Crippen molar-refractivity contribution >= 4 is 17.5 Å². The van der Waals surface area contributed by atoms with Gasteiger partial charge >= 0.3 is 0 Å². The molecule has 2 aliphatic heterocycles. The number of anilines is 1. The third kappa shape index (κ3) is 2.21. The van der Waals surface area contributed by atoms with Gasteiger partial charge in [0.1, 0.15) is 0 Å². The van der Waals surface area contributed by atoms with Crippen LogP contribution in [0.3, 0.4) is 0 Å². The van der Waals surface area contributed by atoms with E-state index < -0.39 is 5.41 Å². The second-order valence-electron chi connectivity index (χ2n) is 7.08. The molecule has 4 nitrogen and oxygen atoms in total. The van der Waals surface area contributed by atoms with Crippen LogP contribution in [0.1, 0.15) is 40.9 Å². The summed E-state index contributed by atoms with van der Waals surface area (Å²) >= 11 is 0. The van der Waals surface area contributed by atoms with E-state index in [0.29, 0.717) is 12.1 Å². The maximum Gasteiger partial charge on any atom is 0.254 e. The average molecular weight is 320 g/mol. The van der Waals surface area contributed by atoms with E-state index in [4.69, 9.17) is 0 Å². The maximum absolute atomic E-state index is 12.9. The summed E-state index contributed by atoms with van der Waals surface area (Å²) in [5.41, 5.74) is 4.31. The lowest BCUT2D eigenvalue weighted by atomic mass is 9.85. The molecule has 0 spiro atoms. The van der Waals surface area contributed by atoms with Crippen LogP contribution in [0, 0.1) is 0 Å². The summed E-state index contributed by atoms with van der Waals surface area (Å²) in [4.78, 5) is 26.9. The number of nitrogens with one attached hydrogen (secondary N) is 1. The molecule has 2 amide bonds. The molecule has 0 unspecified atom stereocenters. The molecular formula is C20H20N2O2. The Morgan fingerprint density at radius 3 is 2.67 bits per heavy atom. The van der Waals surface area contributed by atoms with Crippen molar-refractivity contribution in [2.45, 2.75) is 32.2 Å². The Morgan fingerprint density at radius 1 is 1.12 bits per heavy atom. The second-order valence-corrected chi connectivity index (χ2v) is 7.08. The lowest BCUT2D eigenvalue weighted by molar-refractivity contribution is -0.119. The molecule has 24 heavy (non-hydrogen) atoms. The van der Waals surface area contributed by atoms with Gasteiger partial charge in [0.05, 0.1) is 5.41 Å². The van der Waals surface area contributed by atoms with Crippen molar-refractivity contribution in [1.29, 1.82) is 0 Å². The zero-order valence-corrected chi connectivity index (χ0v) is 13.9. The zero-order chi connectivity index (χ0) is 16.9. The summed E-state index contributed by atoms with van der Waals surface area (Å²) in [6.45, 7) is 5.15. The van der Waals surface area contributed by atoms with Gasteiger partial charge in [-0.3, -0.25) is 9.59 Å². The minimum Gasteiger partial charge on any atom is -0.334 e. The summed E-state index contributed by atoms with van der Waals surface area (Å²) < 4.78 is 0. The predicted molar refractivity (Wildman–Crippen MR) is 93.0 cm³/mol. The van der Waals surface area contributed by atoms with E-state index in [1.165, 1.54) is 11.1 Å². The fraction of sp³-hybridized carbons (Fsp3) is 0.300. The topological polar surface area (TPSA) is 49.4 Å². The molecule has 0 aliphatic carbocycles. The van der Waals surface area contributed by atoms with Crippen molar-refractivity contribution < 1.29 is 9.59 Å². The Hall–Kier alpha value is -2.62. The van der Waals surface area contributed by atoms with Crippen molar-refractivity contribution in [2.24, 2.45) is 0 Å². The largest absolute Gasteiger partial charge is 0.334 e. The van der Waals surface area contributed by atoms with Gasteiger partial charge in [-0.1, -0.05) is 24.3 Å². The van der Waals surface area contributed by atoms with Crippen LogP contribution in [0.4, 0.5) is 5.69 Å². The summed E-state index contributed by atoms with van der Waals surface area (Å²) in [7, 11) is 0. The molecule has 2 aromatic carbocycles. The molecule has 4 rings (SSSR count). The monoisotopic (exact) mass is 320 g/mol. The second kappa shape index (κ2) is 5.20. The first-order valence-corrected chi connectivity index (χ1v) is 8.29. The normalized spacial score (nSPS) is 17.9. The quantitative estimate of drug-likeness (QED) is 0.878. The first kappa shape index (κ1) is 14.9. The SMILES string of the molecule is CC1(C)C(=O)Nc2ccc(C(=O)N3CCc4ccccc4C3)cc21. The molecule has 2 heterocycles. The van der Waals surface area contributed by atoms with Crippen LogP contribution in [0.5, 0.6) is 0 Å². The number of hydrogen-bond acceptors (Lipinski definition) is 2. The Morgan fingerprint density at radius 2 is 1.88 bits per heavy atom. The summed E-state index contributed by atoms with van der Waals surface area (Å²) in [5.74, 6) is 0.0106. The van der Waals surface area contributed by atoms with E-state index in [2.05, 4.69) is 17.4 Å². The third-order valence-corrected chi connectivity index (χ3v) is 5.17. The summed E-state index contributed by atoms with van der Waals surface area (Å²) in [6, 6.07) is 13.8. The number of nitrogens with zero attached hydrogens (tertiary/aromatic N) is 1. The van der Waals surface area contributed by atoms with E-state index in [1.807, 2.05) is 49.1 Å². The first-order chi connectivity index (χ1) is 11.5. The smallest absolute Gasteiger partial charge is 0.254 e. The standard InChI is InChI=1S/C20H20N2O2/c1-20(2)16-11-14(7-8-17(16)21-19(20)24)18(23)22-10-9-13-5-3-4-6-15(13)12-22/h3-8,11H,9-10,12H2,1-2H3,(H,21,24). The molecule has 0 aromatic heterocycles. The summed E-state index contributed by atoms with van der Waals surface area (Å²) in [6.07, 6.45) is 0.887. The Bertz CT molecular complexity index is 854. The van der Waals surface area contributed by atoms with Gasteiger partial charge in [0.2, 0.25) is 5.91 Å². The third-order valence-electron chi connectivity index (χ3n) is 5.17. The molecule has 2 aromatic rings. The van der Waals surface area contributed by atoms with Gasteiger partial charge in [0, 0.05) is 24.3 Å². The molecule has 1 N–H and O–H groups in total. The number of hydrogen-bond donors (Lipinski definition) is 1. The molecule has 0 radical (unpaired) electrons. The van der Waals surface area contributed by atoms with Crippen molar-refractivity contribution in [1.82, 2.24) is 4.90 Å². The fourth-order valence-electron chi connectivity index (χ4n) is 3.56. The molecule has 122 valence electrons. The molecule has 0 saturated heterocycles. The van der Waals surface area contributed by atoms with Crippen molar-refractivity contribution in [3.8, 4) is 0 Å². The molecular weight excluding hydrogens is 300 g/mol. The van der Waals surface area contributed by atoms with Crippen molar-refractivity contribution in [3.05, 3.63) is 64.7 Å². The number of carbonyl (C=O) groups excluding carboxylic acids is 2. The molecule has 2 aliphatic rings. The van der Waals surface area contributed by atoms with Crippen LogP contribution in [0.2, 0.25) is 0 Å². The number of amides is 2. The van der Waals surface area contributed by atoms with Gasteiger partial charge < -0.3 is 10.2 Å². The fourth-order valence-corrected chi connectivity index (χ4v) is 3.56. The van der Waals surface area contributed by atoms with Crippen LogP contribution in [-0.4, -0.2) is 23.3 Å². The minimum absolute atomic E-state index is 0.0194. The van der Waals surface area contributed by atoms with Crippen LogP contribution >= 0.6 is 0 Å².